The van der Waals surface area contributed by atoms with Crippen molar-refractivity contribution in [1.82, 2.24) is 19.7 Å². The van der Waals surface area contributed by atoms with Gasteiger partial charge in [-0.15, -0.1) is 5.10 Å². The first-order chi connectivity index (χ1) is 8.47. The van der Waals surface area contributed by atoms with Crippen LogP contribution in [0.5, 0.6) is 0 Å². The fraction of sp³-hybridized carbons (Fsp3) is 0.273. The number of hydrogen-bond acceptors (Lipinski definition) is 4. The third-order valence-corrected chi connectivity index (χ3v) is 2.96. The molecular formula is C11H12BrN5O. The van der Waals surface area contributed by atoms with Gasteiger partial charge in [-0.3, -0.25) is 10.1 Å². The van der Waals surface area contributed by atoms with Crippen LogP contribution >= 0.6 is 15.9 Å². The maximum atomic E-state index is 12.0. The van der Waals surface area contributed by atoms with E-state index in [1.807, 2.05) is 13.8 Å². The molecule has 0 aliphatic heterocycles. The van der Waals surface area contributed by atoms with E-state index in [-0.39, 0.29) is 11.9 Å². The average molecular weight is 310 g/mol. The zero-order valence-corrected chi connectivity index (χ0v) is 11.8. The lowest BCUT2D eigenvalue weighted by molar-refractivity contribution is 0.101. The summed E-state index contributed by atoms with van der Waals surface area (Å²) in [6, 6.07) is 1.73. The predicted octanol–water partition coefficient (Wildman–Crippen LogP) is 1.84. The Morgan fingerprint density at radius 3 is 2.61 bits per heavy atom. The van der Waals surface area contributed by atoms with Crippen molar-refractivity contribution in [3.05, 3.63) is 33.8 Å². The average Bonchev–Trinajstić information content (AvgIpc) is 2.63. The zero-order valence-electron chi connectivity index (χ0n) is 10.2. The number of rotatable bonds is 2. The number of anilines is 1. The summed E-state index contributed by atoms with van der Waals surface area (Å²) in [5.74, 6) is -0.0614. The number of carbonyl (C=O) groups excluding carboxylic acids is 1. The Labute approximate surface area is 113 Å². The summed E-state index contributed by atoms with van der Waals surface area (Å²) in [7, 11) is 1.79. The molecule has 1 amide bonds. The maximum absolute atomic E-state index is 12.0. The maximum Gasteiger partial charge on any atom is 0.274 e. The zero-order chi connectivity index (χ0) is 13.3. The molecule has 0 saturated carbocycles. The largest absolute Gasteiger partial charge is 0.345 e. The molecule has 0 aromatic carbocycles. The highest BCUT2D eigenvalue weighted by Gasteiger charge is 2.13. The predicted molar refractivity (Wildman–Crippen MR) is 70.4 cm³/mol. The monoisotopic (exact) mass is 309 g/mol. The lowest BCUT2D eigenvalue weighted by atomic mass is 10.4. The molecule has 0 saturated heterocycles. The number of aryl methyl sites for hydroxylation is 3. The molecule has 0 aliphatic carbocycles. The van der Waals surface area contributed by atoms with Crippen molar-refractivity contribution in [3.63, 3.8) is 0 Å². The number of aromatic nitrogens is 4. The highest BCUT2D eigenvalue weighted by Crippen LogP contribution is 2.14. The molecule has 0 bridgehead atoms. The molecule has 0 unspecified atom stereocenters. The van der Waals surface area contributed by atoms with Crippen LogP contribution in [0.3, 0.4) is 0 Å². The van der Waals surface area contributed by atoms with Crippen molar-refractivity contribution in [1.29, 1.82) is 0 Å². The molecular weight excluding hydrogens is 298 g/mol. The van der Waals surface area contributed by atoms with Gasteiger partial charge in [0.1, 0.15) is 5.69 Å². The van der Waals surface area contributed by atoms with Gasteiger partial charge in [0, 0.05) is 17.7 Å². The van der Waals surface area contributed by atoms with Crippen LogP contribution in [-0.4, -0.2) is 25.7 Å². The number of halogens is 1. The molecule has 0 spiro atoms. The molecule has 0 aliphatic rings. The van der Waals surface area contributed by atoms with Gasteiger partial charge in [-0.1, -0.05) is 0 Å². The highest BCUT2D eigenvalue weighted by molar-refractivity contribution is 9.10. The lowest BCUT2D eigenvalue weighted by Gasteiger charge is -2.05. The summed E-state index contributed by atoms with van der Waals surface area (Å²) in [6.45, 7) is 3.63. The van der Waals surface area contributed by atoms with E-state index in [4.69, 9.17) is 0 Å². The highest BCUT2D eigenvalue weighted by atomic mass is 79.9. The van der Waals surface area contributed by atoms with Gasteiger partial charge in [0.2, 0.25) is 5.95 Å². The van der Waals surface area contributed by atoms with E-state index in [0.717, 1.165) is 15.9 Å². The molecule has 1 N–H and O–H groups in total. The van der Waals surface area contributed by atoms with Gasteiger partial charge >= 0.3 is 0 Å². The molecule has 7 heteroatoms. The van der Waals surface area contributed by atoms with Crippen LogP contribution in [0.4, 0.5) is 5.95 Å². The van der Waals surface area contributed by atoms with E-state index >= 15 is 0 Å². The van der Waals surface area contributed by atoms with Crippen LogP contribution < -0.4 is 5.32 Å². The summed E-state index contributed by atoms with van der Waals surface area (Å²) in [6.07, 6.45) is 1.80. The first-order valence-electron chi connectivity index (χ1n) is 5.28. The first kappa shape index (κ1) is 12.7. The standard InChI is InChI=1S/C11H12BrN5O/c1-6-7(2)15-16-11(13-6)14-10(18)9-4-8(12)5-17(9)3/h4-5H,1-3H3,(H,13,14,16,18). The van der Waals surface area contributed by atoms with E-state index in [1.54, 1.807) is 23.9 Å². The molecule has 0 radical (unpaired) electrons. The van der Waals surface area contributed by atoms with Crippen molar-refractivity contribution >= 4 is 27.8 Å². The number of nitrogens with zero attached hydrogens (tertiary/aromatic N) is 4. The van der Waals surface area contributed by atoms with Gasteiger partial charge in [0.05, 0.1) is 11.4 Å². The van der Waals surface area contributed by atoms with Gasteiger partial charge in [0.15, 0.2) is 0 Å². The third-order valence-electron chi connectivity index (χ3n) is 2.52. The summed E-state index contributed by atoms with van der Waals surface area (Å²) in [5, 5.41) is 10.4. The molecule has 2 rings (SSSR count). The Morgan fingerprint density at radius 2 is 2.06 bits per heavy atom. The summed E-state index contributed by atoms with van der Waals surface area (Å²) >= 11 is 3.31. The number of amides is 1. The van der Waals surface area contributed by atoms with E-state index in [1.165, 1.54) is 0 Å². The summed E-state index contributed by atoms with van der Waals surface area (Å²) < 4.78 is 2.56. The van der Waals surface area contributed by atoms with Crippen molar-refractivity contribution in [2.45, 2.75) is 13.8 Å². The lowest BCUT2D eigenvalue weighted by Crippen LogP contribution is -2.18. The second kappa shape index (κ2) is 4.85. The fourth-order valence-electron chi connectivity index (χ4n) is 1.43. The summed E-state index contributed by atoms with van der Waals surface area (Å²) in [5.41, 5.74) is 2.01. The van der Waals surface area contributed by atoms with Crippen LogP contribution in [0.2, 0.25) is 0 Å². The van der Waals surface area contributed by atoms with Gasteiger partial charge in [-0.2, -0.15) is 5.10 Å². The smallest absolute Gasteiger partial charge is 0.274 e. The van der Waals surface area contributed by atoms with Gasteiger partial charge in [-0.05, 0) is 35.8 Å². The first-order valence-corrected chi connectivity index (χ1v) is 6.08. The topological polar surface area (TPSA) is 72.7 Å². The molecule has 2 aromatic heterocycles. The van der Waals surface area contributed by atoms with Gasteiger partial charge < -0.3 is 4.57 Å². The minimum absolute atomic E-state index is 0.209. The van der Waals surface area contributed by atoms with Crippen molar-refractivity contribution in [2.75, 3.05) is 5.32 Å². The number of nitrogens with one attached hydrogen (secondary N) is 1. The quantitative estimate of drug-likeness (QED) is 0.918. The van der Waals surface area contributed by atoms with E-state index in [0.29, 0.717) is 5.69 Å². The molecule has 2 heterocycles. The molecule has 18 heavy (non-hydrogen) atoms. The van der Waals surface area contributed by atoms with Crippen LogP contribution in [-0.2, 0) is 7.05 Å². The number of carbonyl (C=O) groups is 1. The van der Waals surface area contributed by atoms with Crippen LogP contribution in [0, 0.1) is 13.8 Å². The minimum Gasteiger partial charge on any atom is -0.345 e. The Hall–Kier alpha value is -1.76. The molecule has 94 valence electrons. The van der Waals surface area contributed by atoms with E-state index in [9.17, 15) is 4.79 Å². The van der Waals surface area contributed by atoms with E-state index < -0.39 is 0 Å². The Balaban J connectivity index is 2.21. The Bertz CT molecular complexity index is 607. The van der Waals surface area contributed by atoms with Crippen LogP contribution in [0.1, 0.15) is 21.9 Å². The normalized spacial score (nSPS) is 10.4. The number of hydrogen-bond donors (Lipinski definition) is 1. The Kier molecular flexibility index (Phi) is 3.42. The molecule has 2 aromatic rings. The van der Waals surface area contributed by atoms with Crippen LogP contribution in [0.15, 0.2) is 16.7 Å². The van der Waals surface area contributed by atoms with Crippen molar-refractivity contribution < 1.29 is 4.79 Å². The third kappa shape index (κ3) is 2.56. The van der Waals surface area contributed by atoms with Gasteiger partial charge in [0.25, 0.3) is 5.91 Å². The second-order valence-corrected chi connectivity index (χ2v) is 4.83. The SMILES string of the molecule is Cc1nnc(NC(=O)c2cc(Br)cn2C)nc1C. The fourth-order valence-corrected chi connectivity index (χ4v) is 1.95. The second-order valence-electron chi connectivity index (χ2n) is 3.91. The Morgan fingerprint density at radius 1 is 1.33 bits per heavy atom. The van der Waals surface area contributed by atoms with Gasteiger partial charge in [-0.25, -0.2) is 4.98 Å². The molecule has 0 atom stereocenters. The van der Waals surface area contributed by atoms with Crippen molar-refractivity contribution in [2.24, 2.45) is 7.05 Å². The van der Waals surface area contributed by atoms with E-state index in [2.05, 4.69) is 36.4 Å². The van der Waals surface area contributed by atoms with Crippen molar-refractivity contribution in [3.8, 4) is 0 Å². The minimum atomic E-state index is -0.270. The van der Waals surface area contributed by atoms with Crippen LogP contribution in [0.25, 0.3) is 0 Å². The molecule has 0 fully saturated rings. The summed E-state index contributed by atoms with van der Waals surface area (Å²) in [4.78, 5) is 16.1. The molecule has 6 nitrogen and oxygen atoms in total.